The van der Waals surface area contributed by atoms with Gasteiger partial charge < -0.3 is 25.8 Å². The summed E-state index contributed by atoms with van der Waals surface area (Å²) >= 11 is 0. The van der Waals surface area contributed by atoms with Gasteiger partial charge in [0.05, 0.1) is 4.92 Å². The summed E-state index contributed by atoms with van der Waals surface area (Å²) < 4.78 is 5.55. The molecule has 0 aliphatic rings. The van der Waals surface area contributed by atoms with E-state index in [1.807, 2.05) is 20.8 Å². The molecule has 0 radical (unpaired) electrons. The van der Waals surface area contributed by atoms with Crippen molar-refractivity contribution in [1.82, 2.24) is 5.32 Å². The molecular formula is C20H26N4O5. The fourth-order valence-corrected chi connectivity index (χ4v) is 2.27. The number of nitrogens with one attached hydrogen (secondary N) is 3. The monoisotopic (exact) mass is 402 g/mol. The Bertz CT molecular complexity index is 816. The zero-order chi connectivity index (χ0) is 21.4. The topological polar surface area (TPSA) is 126 Å². The fourth-order valence-electron chi connectivity index (χ4n) is 2.27. The number of hydrogen-bond acceptors (Lipinski definition) is 6. The first-order chi connectivity index (χ1) is 13.6. The number of nitro benzene ring substituents is 1. The SMILES string of the molecule is CC(C)(C)NCC(O)COc1ccc(NC(=O)Nc2ccc([N+](=O)[O-])cc2)cc1. The summed E-state index contributed by atoms with van der Waals surface area (Å²) in [7, 11) is 0. The van der Waals surface area contributed by atoms with Crippen LogP contribution in [-0.2, 0) is 0 Å². The molecule has 29 heavy (non-hydrogen) atoms. The lowest BCUT2D eigenvalue weighted by molar-refractivity contribution is -0.384. The van der Waals surface area contributed by atoms with E-state index in [1.54, 1.807) is 24.3 Å². The number of amides is 2. The lowest BCUT2D eigenvalue weighted by atomic mass is 10.1. The second-order valence-corrected chi connectivity index (χ2v) is 7.50. The molecule has 4 N–H and O–H groups in total. The zero-order valence-electron chi connectivity index (χ0n) is 16.6. The van der Waals surface area contributed by atoms with Gasteiger partial charge in [-0.3, -0.25) is 10.1 Å². The lowest BCUT2D eigenvalue weighted by Crippen LogP contribution is -2.42. The van der Waals surface area contributed by atoms with Crippen molar-refractivity contribution in [3.05, 3.63) is 58.6 Å². The average molecular weight is 402 g/mol. The standard InChI is InChI=1S/C20H26N4O5/c1-20(2,3)21-12-17(25)13-29-18-10-6-15(7-11-18)23-19(26)22-14-4-8-16(9-5-14)24(27)28/h4-11,17,21,25H,12-13H2,1-3H3,(H2,22,23,26). The van der Waals surface area contributed by atoms with Crippen molar-refractivity contribution < 1.29 is 19.6 Å². The molecule has 9 heteroatoms. The van der Waals surface area contributed by atoms with E-state index in [9.17, 15) is 20.0 Å². The van der Waals surface area contributed by atoms with E-state index in [-0.39, 0.29) is 17.8 Å². The Morgan fingerprint density at radius 3 is 2.07 bits per heavy atom. The maximum absolute atomic E-state index is 12.0. The van der Waals surface area contributed by atoms with Gasteiger partial charge in [-0.05, 0) is 57.2 Å². The van der Waals surface area contributed by atoms with Crippen LogP contribution >= 0.6 is 0 Å². The third kappa shape index (κ3) is 8.16. The predicted molar refractivity (Wildman–Crippen MR) is 111 cm³/mol. The van der Waals surface area contributed by atoms with Gasteiger partial charge >= 0.3 is 6.03 Å². The van der Waals surface area contributed by atoms with Crippen molar-refractivity contribution >= 4 is 23.1 Å². The first-order valence-electron chi connectivity index (χ1n) is 9.11. The number of ether oxygens (including phenoxy) is 1. The normalized spacial score (nSPS) is 12.1. The summed E-state index contributed by atoms with van der Waals surface area (Å²) in [5.74, 6) is 0.570. The Morgan fingerprint density at radius 2 is 1.59 bits per heavy atom. The smallest absolute Gasteiger partial charge is 0.323 e. The third-order valence-corrected chi connectivity index (χ3v) is 3.76. The van der Waals surface area contributed by atoms with Crippen LogP contribution in [0.3, 0.4) is 0 Å². The first kappa shape index (κ1) is 22.1. The van der Waals surface area contributed by atoms with Crippen LogP contribution < -0.4 is 20.7 Å². The first-order valence-corrected chi connectivity index (χ1v) is 9.11. The quantitative estimate of drug-likeness (QED) is 0.396. The molecule has 1 unspecified atom stereocenters. The van der Waals surface area contributed by atoms with Gasteiger partial charge in [0.1, 0.15) is 18.5 Å². The van der Waals surface area contributed by atoms with Crippen molar-refractivity contribution in [3.8, 4) is 5.75 Å². The Kier molecular flexibility index (Phi) is 7.52. The number of aliphatic hydroxyl groups excluding tert-OH is 1. The second kappa shape index (κ2) is 9.85. The number of nitrogens with zero attached hydrogens (tertiary/aromatic N) is 1. The Balaban J connectivity index is 1.79. The average Bonchev–Trinajstić information content (AvgIpc) is 2.65. The molecule has 0 bridgehead atoms. The minimum Gasteiger partial charge on any atom is -0.491 e. The van der Waals surface area contributed by atoms with Crippen LogP contribution in [0.15, 0.2) is 48.5 Å². The van der Waals surface area contributed by atoms with Gasteiger partial charge in [0.2, 0.25) is 0 Å². The van der Waals surface area contributed by atoms with Crippen LogP contribution in [0.4, 0.5) is 21.9 Å². The molecule has 0 aliphatic carbocycles. The number of carbonyl (C=O) groups excluding carboxylic acids is 1. The molecule has 2 aromatic carbocycles. The maximum atomic E-state index is 12.0. The molecule has 0 heterocycles. The minimum atomic E-state index is -0.639. The summed E-state index contributed by atoms with van der Waals surface area (Å²) in [4.78, 5) is 22.2. The number of carbonyl (C=O) groups is 1. The number of nitro groups is 1. The highest BCUT2D eigenvalue weighted by Crippen LogP contribution is 2.18. The minimum absolute atomic E-state index is 0.0501. The van der Waals surface area contributed by atoms with Gasteiger partial charge in [-0.1, -0.05) is 0 Å². The summed E-state index contributed by atoms with van der Waals surface area (Å²) in [5, 5.41) is 29.0. The molecule has 2 rings (SSSR count). The number of benzene rings is 2. The van der Waals surface area contributed by atoms with Crippen molar-refractivity contribution in [1.29, 1.82) is 0 Å². The van der Waals surface area contributed by atoms with Gasteiger partial charge in [-0.2, -0.15) is 0 Å². The van der Waals surface area contributed by atoms with E-state index in [0.29, 0.717) is 23.7 Å². The molecule has 9 nitrogen and oxygen atoms in total. The summed E-state index contributed by atoms with van der Waals surface area (Å²) in [6.45, 7) is 6.63. The Labute approximate surface area is 169 Å². The van der Waals surface area contributed by atoms with Crippen LogP contribution in [0.2, 0.25) is 0 Å². The largest absolute Gasteiger partial charge is 0.491 e. The van der Waals surface area contributed by atoms with E-state index in [0.717, 1.165) is 0 Å². The number of aliphatic hydroxyl groups is 1. The lowest BCUT2D eigenvalue weighted by Gasteiger charge is -2.23. The van der Waals surface area contributed by atoms with Crippen molar-refractivity contribution in [2.75, 3.05) is 23.8 Å². The highest BCUT2D eigenvalue weighted by atomic mass is 16.6. The number of rotatable bonds is 8. The number of hydrogen-bond donors (Lipinski definition) is 4. The molecule has 0 saturated carbocycles. The molecule has 156 valence electrons. The maximum Gasteiger partial charge on any atom is 0.323 e. The van der Waals surface area contributed by atoms with Crippen LogP contribution in [0.5, 0.6) is 5.75 Å². The Hall–Kier alpha value is -3.17. The molecule has 0 aliphatic heterocycles. The fraction of sp³-hybridized carbons (Fsp3) is 0.350. The summed E-state index contributed by atoms with van der Waals surface area (Å²) in [5.41, 5.74) is 0.854. The van der Waals surface area contributed by atoms with E-state index in [2.05, 4.69) is 16.0 Å². The zero-order valence-corrected chi connectivity index (χ0v) is 16.6. The molecular weight excluding hydrogens is 376 g/mol. The number of anilines is 2. The van der Waals surface area contributed by atoms with Gasteiger partial charge in [0.25, 0.3) is 5.69 Å². The molecule has 0 aromatic heterocycles. The second-order valence-electron chi connectivity index (χ2n) is 7.50. The highest BCUT2D eigenvalue weighted by Gasteiger charge is 2.12. The van der Waals surface area contributed by atoms with E-state index < -0.39 is 17.1 Å². The number of urea groups is 1. The molecule has 2 aromatic rings. The van der Waals surface area contributed by atoms with Gasteiger partial charge in [0.15, 0.2) is 0 Å². The third-order valence-electron chi connectivity index (χ3n) is 3.76. The summed E-state index contributed by atoms with van der Waals surface area (Å²) in [6, 6.07) is 11.8. The number of β-amino-alcohol motifs (C(OH)–C–C–N with tert-alkyl or cyclic N) is 1. The van der Waals surface area contributed by atoms with Gasteiger partial charge in [0, 0.05) is 35.6 Å². The van der Waals surface area contributed by atoms with Crippen molar-refractivity contribution in [2.24, 2.45) is 0 Å². The molecule has 1 atom stereocenters. The van der Waals surface area contributed by atoms with Crippen molar-refractivity contribution in [3.63, 3.8) is 0 Å². The molecule has 0 saturated heterocycles. The van der Waals surface area contributed by atoms with Crippen LogP contribution in [0.1, 0.15) is 20.8 Å². The van der Waals surface area contributed by atoms with E-state index in [1.165, 1.54) is 24.3 Å². The highest BCUT2D eigenvalue weighted by molar-refractivity contribution is 5.99. The van der Waals surface area contributed by atoms with Crippen LogP contribution in [0.25, 0.3) is 0 Å². The van der Waals surface area contributed by atoms with Crippen molar-refractivity contribution in [2.45, 2.75) is 32.4 Å². The van der Waals surface area contributed by atoms with Crippen LogP contribution in [-0.4, -0.2) is 40.9 Å². The molecule has 2 amide bonds. The summed E-state index contributed by atoms with van der Waals surface area (Å²) in [6.07, 6.45) is -0.639. The molecule has 0 fully saturated rings. The Morgan fingerprint density at radius 1 is 1.07 bits per heavy atom. The van der Waals surface area contributed by atoms with E-state index in [4.69, 9.17) is 4.74 Å². The number of non-ortho nitro benzene ring substituents is 1. The predicted octanol–water partition coefficient (Wildman–Crippen LogP) is 3.37. The van der Waals surface area contributed by atoms with Gasteiger partial charge in [-0.15, -0.1) is 0 Å². The molecule has 0 spiro atoms. The van der Waals surface area contributed by atoms with Crippen LogP contribution in [0, 0.1) is 10.1 Å². The van der Waals surface area contributed by atoms with E-state index >= 15 is 0 Å². The van der Waals surface area contributed by atoms with Gasteiger partial charge in [-0.25, -0.2) is 4.79 Å².